The molecule has 0 bridgehead atoms. The number of nitrogens with one attached hydrogen (secondary N) is 2. The van der Waals surface area contributed by atoms with E-state index >= 15 is 0 Å². The van der Waals surface area contributed by atoms with E-state index in [0.29, 0.717) is 18.8 Å². The third-order valence-electron chi connectivity index (χ3n) is 3.85. The molecule has 0 spiro atoms. The van der Waals surface area contributed by atoms with Crippen LogP contribution in [0, 0.1) is 15.5 Å². The highest BCUT2D eigenvalue weighted by atomic mass is 35.5. The molecule has 1 aliphatic rings. The van der Waals surface area contributed by atoms with Crippen molar-refractivity contribution in [2.75, 3.05) is 25.0 Å². The van der Waals surface area contributed by atoms with Gasteiger partial charge in [0.05, 0.1) is 10.8 Å². The Balaban J connectivity index is 0.00000264. The average Bonchev–Trinajstić information content (AvgIpc) is 3.00. The van der Waals surface area contributed by atoms with Crippen LogP contribution in [-0.2, 0) is 0 Å². The first-order chi connectivity index (χ1) is 10.6. The summed E-state index contributed by atoms with van der Waals surface area (Å²) in [6.45, 7) is 2.82. The third-order valence-corrected chi connectivity index (χ3v) is 3.85. The first-order valence-electron chi connectivity index (χ1n) is 7.47. The molecule has 23 heavy (non-hydrogen) atoms. The number of likely N-dealkylation sites (tertiary alicyclic amines) is 1. The lowest BCUT2D eigenvalue weighted by Gasteiger charge is -2.27. The van der Waals surface area contributed by atoms with Gasteiger partial charge in [-0.1, -0.05) is 0 Å². The molecular weight excluding hydrogens is 320 g/mol. The molecule has 0 aliphatic carbocycles. The molecule has 4 N–H and O–H groups in total. The molecule has 1 aromatic heterocycles. The van der Waals surface area contributed by atoms with Gasteiger partial charge in [-0.25, -0.2) is 4.98 Å². The summed E-state index contributed by atoms with van der Waals surface area (Å²) in [5, 5.41) is 21.2. The van der Waals surface area contributed by atoms with Crippen LogP contribution < -0.4 is 11.1 Å². The monoisotopic (exact) mass is 342 g/mol. The topological polar surface area (TPSA) is 121 Å². The first-order valence-corrected chi connectivity index (χ1v) is 7.47. The molecular formula is C14H23ClN6O2. The van der Waals surface area contributed by atoms with Crippen LogP contribution in [0.25, 0.3) is 0 Å². The summed E-state index contributed by atoms with van der Waals surface area (Å²) in [6.07, 6.45) is 5.08. The predicted octanol–water partition coefficient (Wildman–Crippen LogP) is 2.00. The summed E-state index contributed by atoms with van der Waals surface area (Å²) in [5.74, 6) is 0.832. The van der Waals surface area contributed by atoms with Gasteiger partial charge in [0, 0.05) is 25.1 Å². The highest BCUT2D eigenvalue weighted by molar-refractivity contribution is 5.85. The fourth-order valence-electron chi connectivity index (χ4n) is 2.74. The van der Waals surface area contributed by atoms with Crippen LogP contribution in [0.1, 0.15) is 25.7 Å². The summed E-state index contributed by atoms with van der Waals surface area (Å²) in [5.41, 5.74) is 5.53. The van der Waals surface area contributed by atoms with Crippen LogP contribution in [-0.4, -0.2) is 46.3 Å². The van der Waals surface area contributed by atoms with E-state index in [0.717, 1.165) is 19.5 Å². The van der Waals surface area contributed by atoms with Gasteiger partial charge < -0.3 is 11.1 Å². The number of amidine groups is 1. The minimum Gasteiger partial charge on any atom is -0.388 e. The summed E-state index contributed by atoms with van der Waals surface area (Å²) < 4.78 is 0. The maximum absolute atomic E-state index is 10.6. The van der Waals surface area contributed by atoms with Crippen LogP contribution in [0.3, 0.4) is 0 Å². The van der Waals surface area contributed by atoms with Crippen molar-refractivity contribution in [3.05, 3.63) is 28.4 Å². The second kappa shape index (κ2) is 9.26. The van der Waals surface area contributed by atoms with Gasteiger partial charge in [0.25, 0.3) is 5.69 Å². The molecule has 1 unspecified atom stereocenters. The Hall–Kier alpha value is -1.93. The molecule has 128 valence electrons. The van der Waals surface area contributed by atoms with Crippen molar-refractivity contribution in [3.8, 4) is 0 Å². The maximum atomic E-state index is 10.6. The lowest BCUT2D eigenvalue weighted by Crippen LogP contribution is -2.37. The van der Waals surface area contributed by atoms with Gasteiger partial charge >= 0.3 is 0 Å². The van der Waals surface area contributed by atoms with Crippen LogP contribution in [0.2, 0.25) is 0 Å². The number of nitrogens with zero attached hydrogens (tertiary/aromatic N) is 3. The van der Waals surface area contributed by atoms with Gasteiger partial charge in [0.1, 0.15) is 12.0 Å². The zero-order chi connectivity index (χ0) is 15.9. The number of aromatic nitrogens is 1. The molecule has 1 fully saturated rings. The second-order valence-corrected chi connectivity index (χ2v) is 5.50. The Kier molecular flexibility index (Phi) is 7.70. The Morgan fingerprint density at radius 3 is 2.70 bits per heavy atom. The van der Waals surface area contributed by atoms with Crippen LogP contribution in [0.15, 0.2) is 18.3 Å². The summed E-state index contributed by atoms with van der Waals surface area (Å²) in [7, 11) is 0. The summed E-state index contributed by atoms with van der Waals surface area (Å²) in [6, 6.07) is 3.31. The molecule has 2 heterocycles. The fourth-order valence-corrected chi connectivity index (χ4v) is 2.74. The SMILES string of the molecule is Cl.N=C(N)CC(CCNc1ccc([N+](=O)[O-])cn1)N1CCCC1. The lowest BCUT2D eigenvalue weighted by molar-refractivity contribution is -0.385. The van der Waals surface area contributed by atoms with E-state index in [-0.39, 0.29) is 30.0 Å². The molecule has 1 atom stereocenters. The lowest BCUT2D eigenvalue weighted by atomic mass is 10.1. The highest BCUT2D eigenvalue weighted by Crippen LogP contribution is 2.17. The van der Waals surface area contributed by atoms with Crippen LogP contribution in [0.5, 0.6) is 0 Å². The highest BCUT2D eigenvalue weighted by Gasteiger charge is 2.22. The van der Waals surface area contributed by atoms with Crippen LogP contribution >= 0.6 is 12.4 Å². The molecule has 0 aromatic carbocycles. The van der Waals surface area contributed by atoms with Crippen LogP contribution in [0.4, 0.5) is 11.5 Å². The molecule has 9 heteroatoms. The van der Waals surface area contributed by atoms with E-state index in [2.05, 4.69) is 15.2 Å². The van der Waals surface area contributed by atoms with Crippen molar-refractivity contribution in [2.45, 2.75) is 31.7 Å². The van der Waals surface area contributed by atoms with E-state index in [9.17, 15) is 10.1 Å². The Bertz CT molecular complexity index is 519. The molecule has 1 aromatic rings. The van der Waals surface area contributed by atoms with Crippen molar-refractivity contribution in [3.63, 3.8) is 0 Å². The smallest absolute Gasteiger partial charge is 0.287 e. The Morgan fingerprint density at radius 2 is 2.17 bits per heavy atom. The molecule has 1 aliphatic heterocycles. The second-order valence-electron chi connectivity index (χ2n) is 5.50. The molecule has 0 saturated carbocycles. The van der Waals surface area contributed by atoms with E-state index < -0.39 is 4.92 Å². The minimum absolute atomic E-state index is 0. The van der Waals surface area contributed by atoms with Crippen molar-refractivity contribution in [2.24, 2.45) is 5.73 Å². The van der Waals surface area contributed by atoms with E-state index in [1.165, 1.54) is 25.1 Å². The van der Waals surface area contributed by atoms with Gasteiger partial charge in [-0.2, -0.15) is 0 Å². The van der Waals surface area contributed by atoms with Gasteiger partial charge in [-0.3, -0.25) is 20.4 Å². The van der Waals surface area contributed by atoms with Crippen molar-refractivity contribution < 1.29 is 4.92 Å². The van der Waals surface area contributed by atoms with Crippen molar-refractivity contribution >= 4 is 29.7 Å². The van der Waals surface area contributed by atoms with Gasteiger partial charge in [0.15, 0.2) is 0 Å². The Labute approximate surface area is 141 Å². The quantitative estimate of drug-likeness (QED) is 0.287. The van der Waals surface area contributed by atoms with E-state index in [1.807, 2.05) is 0 Å². The van der Waals surface area contributed by atoms with Gasteiger partial charge in [-0.15, -0.1) is 12.4 Å². The molecule has 1 saturated heterocycles. The number of nitrogens with two attached hydrogens (primary N) is 1. The molecule has 8 nitrogen and oxygen atoms in total. The standard InChI is InChI=1S/C14H22N6O2.ClH/c15-13(16)9-11(19-7-1-2-8-19)5-6-17-14-4-3-12(10-18-14)20(21)22;/h3-4,10-11H,1-2,5-9H2,(H3,15,16)(H,17,18);1H. The van der Waals surface area contributed by atoms with Crippen molar-refractivity contribution in [1.29, 1.82) is 5.41 Å². The number of halogens is 1. The van der Waals surface area contributed by atoms with Gasteiger partial charge in [-0.05, 0) is 38.4 Å². The van der Waals surface area contributed by atoms with Gasteiger partial charge in [0.2, 0.25) is 0 Å². The number of pyridine rings is 1. The number of nitro groups is 1. The number of hydrogen-bond donors (Lipinski definition) is 3. The maximum Gasteiger partial charge on any atom is 0.287 e. The fraction of sp³-hybridized carbons (Fsp3) is 0.571. The summed E-state index contributed by atoms with van der Waals surface area (Å²) in [4.78, 5) is 16.5. The summed E-state index contributed by atoms with van der Waals surface area (Å²) >= 11 is 0. The molecule has 2 rings (SSSR count). The number of hydrogen-bond acceptors (Lipinski definition) is 6. The normalized spacial score (nSPS) is 15.7. The number of rotatable bonds is 8. The molecule has 0 amide bonds. The van der Waals surface area contributed by atoms with E-state index in [4.69, 9.17) is 11.1 Å². The van der Waals surface area contributed by atoms with Crippen molar-refractivity contribution in [1.82, 2.24) is 9.88 Å². The predicted molar refractivity (Wildman–Crippen MR) is 92.4 cm³/mol. The zero-order valence-electron chi connectivity index (χ0n) is 12.9. The average molecular weight is 343 g/mol. The first kappa shape index (κ1) is 19.1. The Morgan fingerprint density at radius 1 is 1.48 bits per heavy atom. The minimum atomic E-state index is -0.465. The van der Waals surface area contributed by atoms with E-state index in [1.54, 1.807) is 6.07 Å². The largest absolute Gasteiger partial charge is 0.388 e. The zero-order valence-corrected chi connectivity index (χ0v) is 13.7. The number of anilines is 1. The molecule has 0 radical (unpaired) electrons. The third kappa shape index (κ3) is 5.99.